The van der Waals surface area contributed by atoms with Gasteiger partial charge in [-0.05, 0) is 25.2 Å². The van der Waals surface area contributed by atoms with Crippen molar-refractivity contribution < 1.29 is 9.59 Å². The number of hydrogen-bond donors (Lipinski definition) is 1. The van der Waals surface area contributed by atoms with Gasteiger partial charge in [0.2, 0.25) is 5.91 Å². The van der Waals surface area contributed by atoms with Crippen molar-refractivity contribution in [2.75, 3.05) is 19.6 Å². The Balaban J connectivity index is 1.68. The van der Waals surface area contributed by atoms with E-state index in [1.54, 1.807) is 10.9 Å². The first-order chi connectivity index (χ1) is 9.49. The van der Waals surface area contributed by atoms with E-state index in [1.807, 2.05) is 18.9 Å². The number of nitrogens with zero attached hydrogens (tertiary/aromatic N) is 3. The predicted octanol–water partition coefficient (Wildman–Crippen LogP) is 0.471. The van der Waals surface area contributed by atoms with Crippen LogP contribution in [-0.4, -0.2) is 46.1 Å². The lowest BCUT2D eigenvalue weighted by atomic mass is 9.77. The Hall–Kier alpha value is -1.85. The summed E-state index contributed by atoms with van der Waals surface area (Å²) in [6.45, 7) is 4.07. The predicted molar refractivity (Wildman–Crippen MR) is 73.1 cm³/mol. The molecule has 0 aromatic carbocycles. The van der Waals surface area contributed by atoms with E-state index in [0.717, 1.165) is 38.2 Å². The van der Waals surface area contributed by atoms with Gasteiger partial charge in [0, 0.05) is 39.3 Å². The minimum absolute atomic E-state index is 0.0581. The molecule has 2 aliphatic rings. The minimum atomic E-state index is 0.0581. The summed E-state index contributed by atoms with van der Waals surface area (Å²) in [7, 11) is 1.82. The molecule has 0 atom stereocenters. The zero-order valence-corrected chi connectivity index (χ0v) is 12.0. The summed E-state index contributed by atoms with van der Waals surface area (Å²) in [6.07, 6.45) is 4.19. The number of carbonyl (C=O) groups excluding carboxylic acids is 2. The zero-order chi connectivity index (χ0) is 14.3. The molecule has 3 heterocycles. The molecule has 0 unspecified atom stereocenters. The zero-order valence-electron chi connectivity index (χ0n) is 12.0. The number of nitrogens with one attached hydrogen (secondary N) is 1. The molecule has 3 rings (SSSR count). The van der Waals surface area contributed by atoms with Gasteiger partial charge in [0.05, 0.1) is 11.3 Å². The van der Waals surface area contributed by atoms with Gasteiger partial charge in [-0.25, -0.2) is 0 Å². The quantitative estimate of drug-likeness (QED) is 0.811. The highest BCUT2D eigenvalue weighted by molar-refractivity contribution is 5.95. The molecular weight excluding hydrogens is 256 g/mol. The van der Waals surface area contributed by atoms with Gasteiger partial charge in [-0.2, -0.15) is 5.10 Å². The van der Waals surface area contributed by atoms with E-state index < -0.39 is 0 Å². The fourth-order valence-corrected chi connectivity index (χ4v) is 3.27. The van der Waals surface area contributed by atoms with Gasteiger partial charge in [-0.3, -0.25) is 14.3 Å². The van der Waals surface area contributed by atoms with E-state index in [1.165, 1.54) is 0 Å². The number of piperidine rings is 1. The Morgan fingerprint density at radius 3 is 2.60 bits per heavy atom. The van der Waals surface area contributed by atoms with Gasteiger partial charge in [-0.15, -0.1) is 0 Å². The van der Waals surface area contributed by atoms with Crippen molar-refractivity contribution in [3.8, 4) is 0 Å². The summed E-state index contributed by atoms with van der Waals surface area (Å²) >= 11 is 0. The molecular formula is C14H20N4O2. The molecule has 0 saturated carbocycles. The number of hydrogen-bond acceptors (Lipinski definition) is 3. The largest absolute Gasteiger partial charge is 0.356 e. The van der Waals surface area contributed by atoms with Gasteiger partial charge in [0.25, 0.3) is 5.91 Å². The lowest BCUT2D eigenvalue weighted by molar-refractivity contribution is -0.119. The van der Waals surface area contributed by atoms with Crippen molar-refractivity contribution >= 4 is 11.8 Å². The normalized spacial score (nSPS) is 21.3. The highest BCUT2D eigenvalue weighted by Crippen LogP contribution is 2.37. The summed E-state index contributed by atoms with van der Waals surface area (Å²) in [5.74, 6) is 0.204. The Labute approximate surface area is 118 Å². The van der Waals surface area contributed by atoms with Gasteiger partial charge in [0.15, 0.2) is 0 Å². The van der Waals surface area contributed by atoms with E-state index in [0.29, 0.717) is 12.0 Å². The monoisotopic (exact) mass is 276 g/mol. The Morgan fingerprint density at radius 1 is 1.40 bits per heavy atom. The highest BCUT2D eigenvalue weighted by atomic mass is 16.2. The fourth-order valence-electron chi connectivity index (χ4n) is 3.27. The average molecular weight is 276 g/mol. The van der Waals surface area contributed by atoms with E-state index in [9.17, 15) is 9.59 Å². The highest BCUT2D eigenvalue weighted by Gasteiger charge is 2.41. The molecule has 6 heteroatoms. The summed E-state index contributed by atoms with van der Waals surface area (Å²) in [5, 5.41) is 7.13. The SMILES string of the molecule is Cc1nn(C)cc1C(=O)N1CCC2(CC1)CNC(=O)C2. The van der Waals surface area contributed by atoms with E-state index in [2.05, 4.69) is 10.4 Å². The van der Waals surface area contributed by atoms with Crippen LogP contribution < -0.4 is 5.32 Å². The molecule has 6 nitrogen and oxygen atoms in total. The van der Waals surface area contributed by atoms with Crippen LogP contribution in [0.2, 0.25) is 0 Å². The second-order valence-corrected chi connectivity index (χ2v) is 6.05. The molecule has 2 amide bonds. The van der Waals surface area contributed by atoms with E-state index in [-0.39, 0.29) is 17.2 Å². The third-order valence-corrected chi connectivity index (χ3v) is 4.55. The number of likely N-dealkylation sites (tertiary alicyclic amines) is 1. The van der Waals surface area contributed by atoms with Crippen molar-refractivity contribution in [2.24, 2.45) is 12.5 Å². The molecule has 1 spiro atoms. The molecule has 1 N–H and O–H groups in total. The topological polar surface area (TPSA) is 67.2 Å². The van der Waals surface area contributed by atoms with Crippen molar-refractivity contribution in [3.05, 3.63) is 17.5 Å². The number of rotatable bonds is 1. The molecule has 1 aromatic rings. The Bertz CT molecular complexity index is 556. The second-order valence-electron chi connectivity index (χ2n) is 6.05. The smallest absolute Gasteiger partial charge is 0.257 e. The maximum atomic E-state index is 12.5. The molecule has 108 valence electrons. The van der Waals surface area contributed by atoms with Gasteiger partial charge in [0.1, 0.15) is 0 Å². The van der Waals surface area contributed by atoms with Crippen LogP contribution in [0, 0.1) is 12.3 Å². The fraction of sp³-hybridized carbons (Fsp3) is 0.643. The summed E-state index contributed by atoms with van der Waals surface area (Å²) in [4.78, 5) is 25.8. The van der Waals surface area contributed by atoms with Gasteiger partial charge in [-0.1, -0.05) is 0 Å². The van der Waals surface area contributed by atoms with Crippen LogP contribution in [0.3, 0.4) is 0 Å². The maximum Gasteiger partial charge on any atom is 0.257 e. The van der Waals surface area contributed by atoms with Crippen LogP contribution in [0.1, 0.15) is 35.3 Å². The third-order valence-electron chi connectivity index (χ3n) is 4.55. The Kier molecular flexibility index (Phi) is 3.03. The van der Waals surface area contributed by atoms with Crippen LogP contribution in [0.15, 0.2) is 6.20 Å². The molecule has 0 bridgehead atoms. The minimum Gasteiger partial charge on any atom is -0.356 e. The lowest BCUT2D eigenvalue weighted by Crippen LogP contribution is -2.44. The summed E-state index contributed by atoms with van der Waals surface area (Å²) < 4.78 is 1.67. The average Bonchev–Trinajstić information content (AvgIpc) is 2.93. The number of aryl methyl sites for hydroxylation is 2. The first-order valence-corrected chi connectivity index (χ1v) is 7.05. The standard InChI is InChI=1S/C14H20N4O2/c1-10-11(8-17(2)16-10)13(20)18-5-3-14(4-6-18)7-12(19)15-9-14/h8H,3-7,9H2,1-2H3,(H,15,19). The summed E-state index contributed by atoms with van der Waals surface area (Å²) in [6, 6.07) is 0. The first kappa shape index (κ1) is 13.1. The molecule has 2 saturated heterocycles. The van der Waals surface area contributed by atoms with E-state index >= 15 is 0 Å². The van der Waals surface area contributed by atoms with Gasteiger partial charge >= 0.3 is 0 Å². The van der Waals surface area contributed by atoms with Crippen molar-refractivity contribution in [3.63, 3.8) is 0 Å². The lowest BCUT2D eigenvalue weighted by Gasteiger charge is -2.38. The van der Waals surface area contributed by atoms with Crippen molar-refractivity contribution in [2.45, 2.75) is 26.2 Å². The van der Waals surface area contributed by atoms with Crippen LogP contribution in [0.4, 0.5) is 0 Å². The molecule has 20 heavy (non-hydrogen) atoms. The van der Waals surface area contributed by atoms with Crippen LogP contribution in [0.5, 0.6) is 0 Å². The van der Waals surface area contributed by atoms with Gasteiger partial charge < -0.3 is 10.2 Å². The van der Waals surface area contributed by atoms with Crippen molar-refractivity contribution in [1.29, 1.82) is 0 Å². The van der Waals surface area contributed by atoms with Crippen LogP contribution in [-0.2, 0) is 11.8 Å². The van der Waals surface area contributed by atoms with E-state index in [4.69, 9.17) is 0 Å². The second kappa shape index (κ2) is 4.61. The molecule has 0 radical (unpaired) electrons. The molecule has 2 aliphatic heterocycles. The number of carbonyl (C=O) groups is 2. The molecule has 0 aliphatic carbocycles. The number of amides is 2. The Morgan fingerprint density at radius 2 is 2.10 bits per heavy atom. The number of aromatic nitrogens is 2. The first-order valence-electron chi connectivity index (χ1n) is 7.05. The third kappa shape index (κ3) is 2.19. The molecule has 1 aromatic heterocycles. The molecule has 2 fully saturated rings. The maximum absolute atomic E-state index is 12.5. The van der Waals surface area contributed by atoms with Crippen LogP contribution >= 0.6 is 0 Å². The van der Waals surface area contributed by atoms with Crippen molar-refractivity contribution in [1.82, 2.24) is 20.0 Å². The summed E-state index contributed by atoms with van der Waals surface area (Å²) in [5.41, 5.74) is 1.54. The van der Waals surface area contributed by atoms with Crippen LogP contribution in [0.25, 0.3) is 0 Å².